The number of hydrogen-bond donors (Lipinski definition) is 1. The lowest BCUT2D eigenvalue weighted by Crippen LogP contribution is -2.38. The van der Waals surface area contributed by atoms with E-state index in [2.05, 4.69) is 11.6 Å². The van der Waals surface area contributed by atoms with E-state index in [0.29, 0.717) is 25.3 Å². The van der Waals surface area contributed by atoms with Crippen molar-refractivity contribution < 1.29 is 18.0 Å². The Hall–Kier alpha value is -1.93. The maximum absolute atomic E-state index is 12.7. The molecule has 8 heteroatoms. The molecule has 2 amide bonds. The average Bonchev–Trinajstić information content (AvgIpc) is 3.15. The number of carbonyl (C=O) groups is 2. The molecule has 30 heavy (non-hydrogen) atoms. The summed E-state index contributed by atoms with van der Waals surface area (Å²) < 4.78 is 27.7. The highest BCUT2D eigenvalue weighted by molar-refractivity contribution is 7.89. The summed E-state index contributed by atoms with van der Waals surface area (Å²) in [5.74, 6) is 0.624. The molecule has 0 aliphatic carbocycles. The number of fused-ring (bicyclic) bond motifs is 1. The quantitative estimate of drug-likeness (QED) is 0.713. The zero-order chi connectivity index (χ0) is 21.9. The topological polar surface area (TPSA) is 86.8 Å². The van der Waals surface area contributed by atoms with Crippen LogP contribution in [0.1, 0.15) is 58.4 Å². The number of hydrogen-bond acceptors (Lipinski definition) is 4. The van der Waals surface area contributed by atoms with Gasteiger partial charge in [0.15, 0.2) is 0 Å². The van der Waals surface area contributed by atoms with Gasteiger partial charge in [0, 0.05) is 44.2 Å². The molecule has 1 atom stereocenters. The SMILES string of the molecule is CCC(C)NS(=O)(=O)c1ccc2c(c1)CCN2C(=O)CCC(=O)N1CCC(C)CC1. The van der Waals surface area contributed by atoms with Crippen LogP contribution in [-0.4, -0.2) is 50.8 Å². The van der Waals surface area contributed by atoms with Gasteiger partial charge in [-0.25, -0.2) is 13.1 Å². The highest BCUT2D eigenvalue weighted by Gasteiger charge is 2.28. The summed E-state index contributed by atoms with van der Waals surface area (Å²) in [6.07, 6.45) is 3.78. The third-order valence-corrected chi connectivity index (χ3v) is 7.80. The van der Waals surface area contributed by atoms with Crippen LogP contribution in [0.25, 0.3) is 0 Å². The number of amides is 2. The molecule has 1 aromatic rings. The summed E-state index contributed by atoms with van der Waals surface area (Å²) in [5.41, 5.74) is 1.61. The fraction of sp³-hybridized carbons (Fsp3) is 0.636. The van der Waals surface area contributed by atoms with Crippen molar-refractivity contribution in [3.05, 3.63) is 23.8 Å². The molecule has 166 valence electrons. The highest BCUT2D eigenvalue weighted by Crippen LogP contribution is 2.31. The third kappa shape index (κ3) is 5.21. The van der Waals surface area contributed by atoms with Crippen LogP contribution in [0.5, 0.6) is 0 Å². The van der Waals surface area contributed by atoms with E-state index in [9.17, 15) is 18.0 Å². The minimum Gasteiger partial charge on any atom is -0.343 e. The zero-order valence-electron chi connectivity index (χ0n) is 18.2. The van der Waals surface area contributed by atoms with Crippen molar-refractivity contribution in [2.24, 2.45) is 5.92 Å². The van der Waals surface area contributed by atoms with Crippen LogP contribution in [-0.2, 0) is 26.0 Å². The first-order valence-corrected chi connectivity index (χ1v) is 12.4. The van der Waals surface area contributed by atoms with Crippen LogP contribution in [0, 0.1) is 5.92 Å². The van der Waals surface area contributed by atoms with E-state index in [1.807, 2.05) is 18.7 Å². The molecule has 1 N–H and O–H groups in total. The molecule has 1 fully saturated rings. The van der Waals surface area contributed by atoms with E-state index in [1.54, 1.807) is 23.1 Å². The van der Waals surface area contributed by atoms with Crippen LogP contribution in [0.2, 0.25) is 0 Å². The van der Waals surface area contributed by atoms with Crippen molar-refractivity contribution in [2.45, 2.75) is 70.2 Å². The van der Waals surface area contributed by atoms with Crippen LogP contribution in [0.4, 0.5) is 5.69 Å². The lowest BCUT2D eigenvalue weighted by molar-refractivity contribution is -0.134. The summed E-state index contributed by atoms with van der Waals surface area (Å²) in [6.45, 7) is 8.04. The molecular formula is C22H33N3O4S. The second-order valence-corrected chi connectivity index (χ2v) is 10.3. The van der Waals surface area contributed by atoms with Crippen molar-refractivity contribution in [1.29, 1.82) is 0 Å². The van der Waals surface area contributed by atoms with E-state index in [4.69, 9.17) is 0 Å². The van der Waals surface area contributed by atoms with Gasteiger partial charge in [-0.15, -0.1) is 0 Å². The van der Waals surface area contributed by atoms with Crippen molar-refractivity contribution in [3.8, 4) is 0 Å². The van der Waals surface area contributed by atoms with E-state index < -0.39 is 10.0 Å². The average molecular weight is 436 g/mol. The molecule has 1 saturated heterocycles. The number of likely N-dealkylation sites (tertiary alicyclic amines) is 1. The molecule has 0 aromatic heterocycles. The molecular weight excluding hydrogens is 402 g/mol. The number of carbonyl (C=O) groups excluding carboxylic acids is 2. The van der Waals surface area contributed by atoms with Gasteiger partial charge in [-0.1, -0.05) is 13.8 Å². The van der Waals surface area contributed by atoms with Crippen LogP contribution in [0.15, 0.2) is 23.1 Å². The maximum Gasteiger partial charge on any atom is 0.240 e. The number of piperidine rings is 1. The van der Waals surface area contributed by atoms with E-state index in [0.717, 1.165) is 37.2 Å². The zero-order valence-corrected chi connectivity index (χ0v) is 19.0. The first-order chi connectivity index (χ1) is 14.2. The van der Waals surface area contributed by atoms with E-state index in [-0.39, 0.29) is 35.6 Å². The van der Waals surface area contributed by atoms with Gasteiger partial charge in [-0.05, 0) is 62.3 Å². The molecule has 0 spiro atoms. The second kappa shape index (κ2) is 9.47. The smallest absolute Gasteiger partial charge is 0.240 e. The summed E-state index contributed by atoms with van der Waals surface area (Å²) in [5, 5.41) is 0. The van der Waals surface area contributed by atoms with Gasteiger partial charge < -0.3 is 9.80 Å². The molecule has 0 saturated carbocycles. The maximum atomic E-state index is 12.7. The normalized spacial score (nSPS) is 18.4. The lowest BCUT2D eigenvalue weighted by Gasteiger charge is -2.30. The van der Waals surface area contributed by atoms with Crippen molar-refractivity contribution >= 4 is 27.5 Å². The number of benzene rings is 1. The minimum absolute atomic E-state index is 0.0484. The molecule has 2 aliphatic heterocycles. The molecule has 2 heterocycles. The fourth-order valence-electron chi connectivity index (χ4n) is 3.99. The number of rotatable bonds is 7. The van der Waals surface area contributed by atoms with Crippen LogP contribution >= 0.6 is 0 Å². The number of anilines is 1. The van der Waals surface area contributed by atoms with Gasteiger partial charge in [0.2, 0.25) is 21.8 Å². The largest absolute Gasteiger partial charge is 0.343 e. The van der Waals surface area contributed by atoms with E-state index >= 15 is 0 Å². The Kier molecular flexibility index (Phi) is 7.18. The van der Waals surface area contributed by atoms with Crippen molar-refractivity contribution in [1.82, 2.24) is 9.62 Å². The molecule has 0 bridgehead atoms. The Balaban J connectivity index is 1.61. The Morgan fingerprint density at radius 3 is 2.47 bits per heavy atom. The Bertz CT molecular complexity index is 892. The summed E-state index contributed by atoms with van der Waals surface area (Å²) in [4.78, 5) is 28.9. The Labute approximate surface area is 179 Å². The molecule has 1 aromatic carbocycles. The first-order valence-electron chi connectivity index (χ1n) is 10.9. The summed E-state index contributed by atoms with van der Waals surface area (Å²) in [7, 11) is -3.57. The molecule has 3 rings (SSSR count). The molecule has 0 radical (unpaired) electrons. The molecule has 7 nitrogen and oxygen atoms in total. The number of sulfonamides is 1. The lowest BCUT2D eigenvalue weighted by atomic mass is 9.99. The molecule has 2 aliphatic rings. The van der Waals surface area contributed by atoms with Crippen LogP contribution in [0.3, 0.4) is 0 Å². The monoisotopic (exact) mass is 435 g/mol. The van der Waals surface area contributed by atoms with Crippen molar-refractivity contribution in [3.63, 3.8) is 0 Å². The number of nitrogens with one attached hydrogen (secondary N) is 1. The summed E-state index contributed by atoms with van der Waals surface area (Å²) >= 11 is 0. The standard InChI is InChI=1S/C22H33N3O4S/c1-4-17(3)23-30(28,29)19-5-6-20-18(15-19)11-14-25(20)22(27)8-7-21(26)24-12-9-16(2)10-13-24/h5-6,15-17,23H,4,7-14H2,1-3H3. The van der Waals surface area contributed by atoms with Gasteiger partial charge in [-0.3, -0.25) is 9.59 Å². The Morgan fingerprint density at radius 2 is 1.80 bits per heavy atom. The number of nitrogens with zero attached hydrogens (tertiary/aromatic N) is 2. The van der Waals surface area contributed by atoms with E-state index in [1.165, 1.54) is 0 Å². The first kappa shape index (κ1) is 22.7. The summed E-state index contributed by atoms with van der Waals surface area (Å²) in [6, 6.07) is 4.78. The van der Waals surface area contributed by atoms with Crippen molar-refractivity contribution in [2.75, 3.05) is 24.5 Å². The minimum atomic E-state index is -3.57. The molecule has 1 unspecified atom stereocenters. The van der Waals surface area contributed by atoms with Gasteiger partial charge in [-0.2, -0.15) is 0 Å². The van der Waals surface area contributed by atoms with Gasteiger partial charge >= 0.3 is 0 Å². The van der Waals surface area contributed by atoms with Crippen LogP contribution < -0.4 is 9.62 Å². The third-order valence-electron chi connectivity index (χ3n) is 6.22. The van der Waals surface area contributed by atoms with Gasteiger partial charge in [0.25, 0.3) is 0 Å². The predicted octanol–water partition coefficient (Wildman–Crippen LogP) is 2.69. The predicted molar refractivity (Wildman–Crippen MR) is 117 cm³/mol. The highest BCUT2D eigenvalue weighted by atomic mass is 32.2. The van der Waals surface area contributed by atoms with Gasteiger partial charge in [0.05, 0.1) is 4.90 Å². The Morgan fingerprint density at radius 1 is 1.13 bits per heavy atom. The second-order valence-electron chi connectivity index (χ2n) is 8.58. The fourth-order valence-corrected chi connectivity index (χ4v) is 5.36. The van der Waals surface area contributed by atoms with Gasteiger partial charge in [0.1, 0.15) is 0 Å².